The molecule has 2 aromatic heterocycles. The molecule has 0 spiro atoms. The minimum Gasteiger partial charge on any atom is -0.480 e. The van der Waals surface area contributed by atoms with E-state index < -0.39 is 27.4 Å². The molecular formula is C13H17N3O4S. The number of fused-ring (bicyclic) bond motifs is 1. The zero-order valence-electron chi connectivity index (χ0n) is 11.9. The summed E-state index contributed by atoms with van der Waals surface area (Å²) in [6, 6.07) is 2.00. The smallest absolute Gasteiger partial charge is 0.322 e. The van der Waals surface area contributed by atoms with E-state index in [4.69, 9.17) is 0 Å². The monoisotopic (exact) mass is 311 g/mol. The van der Waals surface area contributed by atoms with Crippen molar-refractivity contribution in [3.05, 3.63) is 24.5 Å². The molecule has 0 aliphatic heterocycles. The molecular weight excluding hydrogens is 294 g/mol. The molecule has 8 heteroatoms. The summed E-state index contributed by atoms with van der Waals surface area (Å²) >= 11 is 0. The van der Waals surface area contributed by atoms with Crippen LogP contribution in [0.4, 0.5) is 0 Å². The number of carbonyl (C=O) groups is 1. The highest BCUT2D eigenvalue weighted by atomic mass is 32.2. The molecule has 0 fully saturated rings. The van der Waals surface area contributed by atoms with E-state index in [1.807, 2.05) is 0 Å². The molecule has 0 bridgehead atoms. The molecule has 0 saturated carbocycles. The number of hydrogen-bond donors (Lipinski definition) is 3. The summed E-state index contributed by atoms with van der Waals surface area (Å²) in [5.41, 5.74) is -0.330. The zero-order chi connectivity index (χ0) is 15.8. The predicted octanol–water partition coefficient (Wildman–Crippen LogP) is 1.34. The molecule has 1 unspecified atom stereocenters. The number of carboxylic acid groups (broad SMARTS) is 1. The Hall–Kier alpha value is -1.93. The zero-order valence-corrected chi connectivity index (χ0v) is 12.7. The van der Waals surface area contributed by atoms with Gasteiger partial charge in [-0.3, -0.25) is 4.79 Å². The fourth-order valence-corrected chi connectivity index (χ4v) is 3.53. The number of rotatable bonds is 4. The maximum absolute atomic E-state index is 12.4. The van der Waals surface area contributed by atoms with Crippen molar-refractivity contribution in [3.8, 4) is 0 Å². The van der Waals surface area contributed by atoms with Crippen molar-refractivity contribution in [3.63, 3.8) is 0 Å². The number of aliphatic carboxylic acids is 1. The van der Waals surface area contributed by atoms with Crippen LogP contribution in [0.3, 0.4) is 0 Å². The van der Waals surface area contributed by atoms with Crippen LogP contribution in [0.15, 0.2) is 29.4 Å². The van der Waals surface area contributed by atoms with E-state index in [0.717, 1.165) is 0 Å². The van der Waals surface area contributed by atoms with Gasteiger partial charge in [-0.25, -0.2) is 13.4 Å². The Bertz CT molecular complexity index is 774. The van der Waals surface area contributed by atoms with Crippen LogP contribution in [-0.2, 0) is 14.8 Å². The third-order valence-electron chi connectivity index (χ3n) is 3.09. The third kappa shape index (κ3) is 3.06. The SMILES string of the molecule is CC(C)(C)C(NS(=O)(=O)c1c[nH]c2ncccc12)C(=O)O. The van der Waals surface area contributed by atoms with Crippen molar-refractivity contribution in [2.45, 2.75) is 31.7 Å². The molecule has 0 aliphatic carbocycles. The summed E-state index contributed by atoms with van der Waals surface area (Å²) in [5.74, 6) is -1.22. The number of nitrogens with one attached hydrogen (secondary N) is 2. The maximum atomic E-state index is 12.4. The van der Waals surface area contributed by atoms with Crippen LogP contribution in [0.1, 0.15) is 20.8 Å². The first kappa shape index (κ1) is 15.5. The van der Waals surface area contributed by atoms with Gasteiger partial charge in [-0.1, -0.05) is 20.8 Å². The number of aromatic nitrogens is 2. The number of hydrogen-bond acceptors (Lipinski definition) is 4. The molecule has 0 aromatic carbocycles. The molecule has 114 valence electrons. The molecule has 0 saturated heterocycles. The normalized spacial score (nSPS) is 14.2. The number of nitrogens with zero attached hydrogens (tertiary/aromatic N) is 1. The molecule has 2 heterocycles. The second kappa shape index (κ2) is 5.12. The van der Waals surface area contributed by atoms with Gasteiger partial charge in [0.15, 0.2) is 0 Å². The van der Waals surface area contributed by atoms with Gasteiger partial charge >= 0.3 is 5.97 Å². The first-order chi connectivity index (χ1) is 9.63. The van der Waals surface area contributed by atoms with Gasteiger partial charge in [0.25, 0.3) is 0 Å². The highest BCUT2D eigenvalue weighted by Gasteiger charge is 2.36. The van der Waals surface area contributed by atoms with Crippen molar-refractivity contribution in [1.82, 2.24) is 14.7 Å². The van der Waals surface area contributed by atoms with Crippen LogP contribution in [0, 0.1) is 5.41 Å². The molecule has 3 N–H and O–H groups in total. The lowest BCUT2D eigenvalue weighted by molar-refractivity contribution is -0.141. The largest absolute Gasteiger partial charge is 0.480 e. The van der Waals surface area contributed by atoms with Crippen LogP contribution >= 0.6 is 0 Å². The Morgan fingerprint density at radius 1 is 1.43 bits per heavy atom. The Labute approximate surface area is 122 Å². The van der Waals surface area contributed by atoms with Gasteiger partial charge in [0, 0.05) is 17.8 Å². The second-order valence-electron chi connectivity index (χ2n) is 5.81. The predicted molar refractivity (Wildman–Crippen MR) is 77.3 cm³/mol. The molecule has 2 aromatic rings. The van der Waals surface area contributed by atoms with Gasteiger partial charge in [-0.05, 0) is 17.5 Å². The molecule has 21 heavy (non-hydrogen) atoms. The summed E-state index contributed by atoms with van der Waals surface area (Å²) in [5, 5.41) is 9.66. The Morgan fingerprint density at radius 2 is 2.10 bits per heavy atom. The third-order valence-corrected chi connectivity index (χ3v) is 4.55. The summed E-state index contributed by atoms with van der Waals surface area (Å²) in [6.07, 6.45) is 2.85. The number of aromatic amines is 1. The second-order valence-corrected chi connectivity index (χ2v) is 7.49. The van der Waals surface area contributed by atoms with Crippen LogP contribution in [-0.4, -0.2) is 35.5 Å². The highest BCUT2D eigenvalue weighted by Crippen LogP contribution is 2.25. The summed E-state index contributed by atoms with van der Waals surface area (Å²) in [4.78, 5) is 18.1. The fourth-order valence-electron chi connectivity index (χ4n) is 1.97. The number of H-pyrrole nitrogens is 1. The number of pyridine rings is 1. The van der Waals surface area contributed by atoms with E-state index in [-0.39, 0.29) is 4.90 Å². The van der Waals surface area contributed by atoms with E-state index in [1.165, 1.54) is 12.4 Å². The van der Waals surface area contributed by atoms with Crippen LogP contribution < -0.4 is 4.72 Å². The number of carboxylic acids is 1. The average molecular weight is 311 g/mol. The fraction of sp³-hybridized carbons (Fsp3) is 0.385. The Balaban J connectivity index is 2.45. The van der Waals surface area contributed by atoms with Crippen molar-refractivity contribution in [2.24, 2.45) is 5.41 Å². The van der Waals surface area contributed by atoms with Gasteiger partial charge in [-0.15, -0.1) is 0 Å². The highest BCUT2D eigenvalue weighted by molar-refractivity contribution is 7.89. The standard InChI is InChI=1S/C13H17N3O4S/c1-13(2,3)10(12(17)18)16-21(19,20)9-7-15-11-8(9)5-4-6-14-11/h4-7,10,16H,1-3H3,(H,14,15)(H,17,18). The first-order valence-electron chi connectivity index (χ1n) is 6.30. The minimum absolute atomic E-state index is 0.0129. The van der Waals surface area contributed by atoms with Crippen LogP contribution in [0.5, 0.6) is 0 Å². The minimum atomic E-state index is -3.97. The van der Waals surface area contributed by atoms with Crippen molar-refractivity contribution < 1.29 is 18.3 Å². The summed E-state index contributed by atoms with van der Waals surface area (Å²) in [7, 11) is -3.97. The van der Waals surface area contributed by atoms with E-state index in [9.17, 15) is 18.3 Å². The number of sulfonamides is 1. The first-order valence-corrected chi connectivity index (χ1v) is 7.78. The molecule has 0 aliphatic rings. The quantitative estimate of drug-likeness (QED) is 0.789. The average Bonchev–Trinajstić information content (AvgIpc) is 2.79. The lowest BCUT2D eigenvalue weighted by Gasteiger charge is -2.27. The van der Waals surface area contributed by atoms with E-state index in [1.54, 1.807) is 32.9 Å². The van der Waals surface area contributed by atoms with Crippen molar-refractivity contribution in [2.75, 3.05) is 0 Å². The van der Waals surface area contributed by atoms with Gasteiger partial charge in [0.1, 0.15) is 16.6 Å². The summed E-state index contributed by atoms with van der Waals surface area (Å²) in [6.45, 7) is 4.97. The molecule has 0 amide bonds. The van der Waals surface area contributed by atoms with Crippen molar-refractivity contribution in [1.29, 1.82) is 0 Å². The topological polar surface area (TPSA) is 112 Å². The molecule has 1 atom stereocenters. The lowest BCUT2D eigenvalue weighted by Crippen LogP contribution is -2.48. The molecule has 7 nitrogen and oxygen atoms in total. The Kier molecular flexibility index (Phi) is 3.77. The van der Waals surface area contributed by atoms with Gasteiger partial charge in [-0.2, -0.15) is 4.72 Å². The lowest BCUT2D eigenvalue weighted by atomic mass is 9.88. The van der Waals surface area contributed by atoms with E-state index in [2.05, 4.69) is 14.7 Å². The summed E-state index contributed by atoms with van der Waals surface area (Å²) < 4.78 is 27.1. The van der Waals surface area contributed by atoms with Gasteiger partial charge in [0.05, 0.1) is 0 Å². The van der Waals surface area contributed by atoms with Gasteiger partial charge in [0.2, 0.25) is 10.0 Å². The van der Waals surface area contributed by atoms with E-state index in [0.29, 0.717) is 11.0 Å². The Morgan fingerprint density at radius 3 is 2.67 bits per heavy atom. The molecule has 2 rings (SSSR count). The maximum Gasteiger partial charge on any atom is 0.322 e. The van der Waals surface area contributed by atoms with Gasteiger partial charge < -0.3 is 10.1 Å². The van der Waals surface area contributed by atoms with Crippen LogP contribution in [0.2, 0.25) is 0 Å². The molecule has 0 radical (unpaired) electrons. The van der Waals surface area contributed by atoms with E-state index >= 15 is 0 Å². The van der Waals surface area contributed by atoms with Crippen molar-refractivity contribution >= 4 is 27.0 Å². The van der Waals surface area contributed by atoms with Crippen LogP contribution in [0.25, 0.3) is 11.0 Å².